The normalized spacial score (nSPS) is 16.7. The number of urea groups is 1. The second-order valence-electron chi connectivity index (χ2n) is 4.75. The van der Waals surface area contributed by atoms with E-state index in [0.717, 1.165) is 25.7 Å². The number of aliphatic carboxylic acids is 1. The average molecular weight is 271 g/mol. The quantitative estimate of drug-likeness (QED) is 0.663. The Morgan fingerprint density at radius 2 is 1.89 bits per heavy atom. The van der Waals surface area contributed by atoms with Crippen LogP contribution in [0.15, 0.2) is 0 Å². The lowest BCUT2D eigenvalue weighted by atomic mass is 10.2. The molecule has 0 saturated heterocycles. The van der Waals surface area contributed by atoms with Gasteiger partial charge in [0.15, 0.2) is 0 Å². The Morgan fingerprint density at radius 1 is 1.32 bits per heavy atom. The van der Waals surface area contributed by atoms with Crippen molar-refractivity contribution in [3.63, 3.8) is 0 Å². The number of carbonyl (C=O) groups excluding carboxylic acids is 2. The van der Waals surface area contributed by atoms with E-state index in [1.807, 2.05) is 0 Å². The predicted octanol–water partition coefficient (Wildman–Crippen LogP) is 0.160. The predicted molar refractivity (Wildman–Crippen MR) is 68.7 cm³/mol. The van der Waals surface area contributed by atoms with Crippen LogP contribution < -0.4 is 10.6 Å². The molecule has 0 spiro atoms. The fourth-order valence-corrected chi connectivity index (χ4v) is 2.28. The second-order valence-corrected chi connectivity index (χ2v) is 4.75. The molecular formula is C12H21N3O4. The monoisotopic (exact) mass is 271 g/mol. The number of rotatable bonds is 5. The molecule has 108 valence electrons. The number of hydrogen-bond acceptors (Lipinski definition) is 3. The number of carboxylic acid groups (broad SMARTS) is 1. The highest BCUT2D eigenvalue weighted by molar-refractivity contribution is 5.87. The molecule has 0 bridgehead atoms. The maximum absolute atomic E-state index is 12.1. The van der Waals surface area contributed by atoms with Crippen LogP contribution in [0, 0.1) is 0 Å². The minimum absolute atomic E-state index is 0.0482. The Labute approximate surface area is 112 Å². The van der Waals surface area contributed by atoms with Gasteiger partial charge < -0.3 is 20.6 Å². The van der Waals surface area contributed by atoms with Crippen molar-refractivity contribution in [2.75, 3.05) is 13.6 Å². The van der Waals surface area contributed by atoms with E-state index in [9.17, 15) is 14.4 Å². The fraction of sp³-hybridized carbons (Fsp3) is 0.750. The molecule has 1 unspecified atom stereocenters. The van der Waals surface area contributed by atoms with Crippen LogP contribution in [0.1, 0.15) is 32.6 Å². The lowest BCUT2D eigenvalue weighted by Crippen LogP contribution is -2.53. The number of likely N-dealkylation sites (N-methyl/N-ethyl adjacent to an activating group) is 1. The van der Waals surface area contributed by atoms with Crippen LogP contribution >= 0.6 is 0 Å². The zero-order valence-corrected chi connectivity index (χ0v) is 11.3. The molecule has 1 atom stereocenters. The molecule has 3 N–H and O–H groups in total. The van der Waals surface area contributed by atoms with E-state index in [4.69, 9.17) is 5.11 Å². The van der Waals surface area contributed by atoms with Gasteiger partial charge in [0.1, 0.15) is 12.6 Å². The van der Waals surface area contributed by atoms with Gasteiger partial charge >= 0.3 is 12.0 Å². The summed E-state index contributed by atoms with van der Waals surface area (Å²) in [5, 5.41) is 13.8. The second kappa shape index (κ2) is 6.96. The minimum atomic E-state index is -1.05. The maximum Gasteiger partial charge on any atom is 0.323 e. The van der Waals surface area contributed by atoms with Crippen LogP contribution in [0.25, 0.3) is 0 Å². The van der Waals surface area contributed by atoms with Crippen LogP contribution in [0.2, 0.25) is 0 Å². The minimum Gasteiger partial charge on any atom is -0.480 e. The number of hydrogen-bond donors (Lipinski definition) is 3. The van der Waals surface area contributed by atoms with Crippen LogP contribution in [0.5, 0.6) is 0 Å². The van der Waals surface area contributed by atoms with Crippen molar-refractivity contribution in [2.45, 2.75) is 44.7 Å². The van der Waals surface area contributed by atoms with Crippen molar-refractivity contribution in [3.8, 4) is 0 Å². The van der Waals surface area contributed by atoms with E-state index in [1.165, 1.54) is 11.9 Å². The summed E-state index contributed by atoms with van der Waals surface area (Å²) in [7, 11) is 1.48. The van der Waals surface area contributed by atoms with E-state index >= 15 is 0 Å². The zero-order chi connectivity index (χ0) is 14.4. The molecular weight excluding hydrogens is 250 g/mol. The molecule has 7 heteroatoms. The van der Waals surface area contributed by atoms with Gasteiger partial charge in [-0.1, -0.05) is 12.8 Å². The molecule has 1 rings (SSSR count). The molecule has 0 aromatic carbocycles. The molecule has 7 nitrogen and oxygen atoms in total. The standard InChI is InChI=1S/C12H21N3O4/c1-8(11(18)13-2)14-12(19)15(7-10(16)17)9-5-3-4-6-9/h8-9H,3-7H2,1-2H3,(H,13,18)(H,14,19)(H,16,17). The number of nitrogens with one attached hydrogen (secondary N) is 2. The van der Waals surface area contributed by atoms with Crippen LogP contribution in [0.3, 0.4) is 0 Å². The molecule has 0 radical (unpaired) electrons. The van der Waals surface area contributed by atoms with Crippen molar-refractivity contribution in [3.05, 3.63) is 0 Å². The third-order valence-corrected chi connectivity index (χ3v) is 3.31. The summed E-state index contributed by atoms with van der Waals surface area (Å²) in [6.07, 6.45) is 3.63. The summed E-state index contributed by atoms with van der Waals surface area (Å²) in [6, 6.07) is -1.23. The summed E-state index contributed by atoms with van der Waals surface area (Å²) in [5.41, 5.74) is 0. The SMILES string of the molecule is CNC(=O)C(C)NC(=O)N(CC(=O)O)C1CCCC1. The number of carboxylic acids is 1. The van der Waals surface area contributed by atoms with E-state index in [1.54, 1.807) is 6.92 Å². The summed E-state index contributed by atoms with van der Waals surface area (Å²) in [5.74, 6) is -1.36. The van der Waals surface area contributed by atoms with Crippen LogP contribution in [-0.2, 0) is 9.59 Å². The summed E-state index contributed by atoms with van der Waals surface area (Å²) < 4.78 is 0. The van der Waals surface area contributed by atoms with Gasteiger partial charge in [0.2, 0.25) is 5.91 Å². The Kier molecular flexibility index (Phi) is 5.59. The number of carbonyl (C=O) groups is 3. The van der Waals surface area contributed by atoms with E-state index < -0.39 is 18.0 Å². The fourth-order valence-electron chi connectivity index (χ4n) is 2.28. The molecule has 1 fully saturated rings. The lowest BCUT2D eigenvalue weighted by Gasteiger charge is -2.28. The van der Waals surface area contributed by atoms with Gasteiger partial charge in [-0.15, -0.1) is 0 Å². The Bertz CT molecular complexity index is 353. The van der Waals surface area contributed by atoms with E-state index in [0.29, 0.717) is 0 Å². The van der Waals surface area contributed by atoms with Crippen LogP contribution in [-0.4, -0.2) is 53.6 Å². The molecule has 1 aliphatic carbocycles. The highest BCUT2D eigenvalue weighted by atomic mass is 16.4. The molecule has 0 aliphatic heterocycles. The number of amides is 3. The van der Waals surface area contributed by atoms with Gasteiger partial charge in [-0.2, -0.15) is 0 Å². The zero-order valence-electron chi connectivity index (χ0n) is 11.3. The van der Waals surface area contributed by atoms with Gasteiger partial charge in [0, 0.05) is 13.1 Å². The van der Waals surface area contributed by atoms with Crippen molar-refractivity contribution >= 4 is 17.9 Å². The van der Waals surface area contributed by atoms with Gasteiger partial charge in [-0.25, -0.2) is 4.79 Å². The lowest BCUT2D eigenvalue weighted by molar-refractivity contribution is -0.138. The molecule has 0 heterocycles. The highest BCUT2D eigenvalue weighted by Gasteiger charge is 2.29. The average Bonchev–Trinajstić information content (AvgIpc) is 2.87. The van der Waals surface area contributed by atoms with E-state index in [2.05, 4.69) is 10.6 Å². The third kappa shape index (κ3) is 4.42. The first-order valence-corrected chi connectivity index (χ1v) is 6.46. The topological polar surface area (TPSA) is 98.7 Å². The molecule has 1 saturated carbocycles. The first-order chi connectivity index (χ1) is 8.95. The highest BCUT2D eigenvalue weighted by Crippen LogP contribution is 2.23. The van der Waals surface area contributed by atoms with Crippen molar-refractivity contribution in [2.24, 2.45) is 0 Å². The van der Waals surface area contributed by atoms with Crippen LogP contribution in [0.4, 0.5) is 4.79 Å². The Morgan fingerprint density at radius 3 is 2.37 bits per heavy atom. The van der Waals surface area contributed by atoms with Gasteiger partial charge in [0.25, 0.3) is 0 Å². The largest absolute Gasteiger partial charge is 0.480 e. The Hall–Kier alpha value is -1.79. The van der Waals surface area contributed by atoms with Gasteiger partial charge in [-0.3, -0.25) is 9.59 Å². The van der Waals surface area contributed by atoms with Gasteiger partial charge in [-0.05, 0) is 19.8 Å². The number of nitrogens with zero attached hydrogens (tertiary/aromatic N) is 1. The summed E-state index contributed by atoms with van der Waals surface area (Å²) in [4.78, 5) is 35.6. The molecule has 1 aliphatic rings. The van der Waals surface area contributed by atoms with Crippen molar-refractivity contribution in [1.82, 2.24) is 15.5 Å². The van der Waals surface area contributed by atoms with Crippen molar-refractivity contribution in [1.29, 1.82) is 0 Å². The first-order valence-electron chi connectivity index (χ1n) is 6.46. The van der Waals surface area contributed by atoms with Crippen molar-refractivity contribution < 1.29 is 19.5 Å². The molecule has 0 aromatic heterocycles. The summed E-state index contributed by atoms with van der Waals surface area (Å²) in [6.45, 7) is 1.22. The smallest absolute Gasteiger partial charge is 0.323 e. The summed E-state index contributed by atoms with van der Waals surface area (Å²) >= 11 is 0. The maximum atomic E-state index is 12.1. The molecule has 3 amide bonds. The Balaban J connectivity index is 2.65. The van der Waals surface area contributed by atoms with E-state index in [-0.39, 0.29) is 18.5 Å². The first kappa shape index (κ1) is 15.3. The third-order valence-electron chi connectivity index (χ3n) is 3.31. The van der Waals surface area contributed by atoms with Gasteiger partial charge in [0.05, 0.1) is 0 Å². The molecule has 19 heavy (non-hydrogen) atoms. The molecule has 0 aromatic rings.